The number of hydrogen-bond donors (Lipinski definition) is 3. The Kier molecular flexibility index (Phi) is 6.55. The van der Waals surface area contributed by atoms with Gasteiger partial charge in [-0.15, -0.1) is 0 Å². The quantitative estimate of drug-likeness (QED) is 0.416. The van der Waals surface area contributed by atoms with E-state index in [1.165, 1.54) is 38.5 Å². The van der Waals surface area contributed by atoms with Gasteiger partial charge < -0.3 is 15.3 Å². The monoisotopic (exact) mass is 458 g/mol. The molecule has 0 unspecified atom stereocenters. The van der Waals surface area contributed by atoms with Crippen LogP contribution in [0.15, 0.2) is 22.8 Å². The first kappa shape index (κ1) is 25.5. The summed E-state index contributed by atoms with van der Waals surface area (Å²) in [5, 5.41) is 31.2. The number of hydrogen-bond acceptors (Lipinski definition) is 3. The third-order valence-corrected chi connectivity index (χ3v) is 12.0. The zero-order valence-electron chi connectivity index (χ0n) is 22.4. The minimum absolute atomic E-state index is 0.00968. The van der Waals surface area contributed by atoms with E-state index in [0.717, 1.165) is 18.4 Å². The number of aliphatic hydroxyl groups is 3. The van der Waals surface area contributed by atoms with E-state index in [1.807, 2.05) is 13.0 Å². The highest BCUT2D eigenvalue weighted by Crippen LogP contribution is 2.72. The van der Waals surface area contributed by atoms with Gasteiger partial charge in [-0.2, -0.15) is 0 Å². The molecule has 0 bridgehead atoms. The van der Waals surface area contributed by atoms with E-state index < -0.39 is 0 Å². The first-order valence-electron chi connectivity index (χ1n) is 13.7. The maximum absolute atomic E-state index is 11.1. The maximum Gasteiger partial charge on any atom is 0.0639 e. The summed E-state index contributed by atoms with van der Waals surface area (Å²) in [6, 6.07) is 0. The van der Waals surface area contributed by atoms with E-state index in [4.69, 9.17) is 0 Å². The van der Waals surface area contributed by atoms with Gasteiger partial charge in [-0.25, -0.2) is 0 Å². The number of fused-ring (bicyclic) bond motifs is 4. The molecular weight excluding hydrogens is 408 g/mol. The molecule has 2 fully saturated rings. The molecule has 33 heavy (non-hydrogen) atoms. The van der Waals surface area contributed by atoms with Crippen molar-refractivity contribution in [1.29, 1.82) is 0 Å². The van der Waals surface area contributed by atoms with Crippen LogP contribution in [0.4, 0.5) is 0 Å². The topological polar surface area (TPSA) is 60.7 Å². The Labute approximate surface area is 202 Å². The van der Waals surface area contributed by atoms with Gasteiger partial charge in [0.2, 0.25) is 0 Å². The normalized spacial score (nSPS) is 44.7. The fourth-order valence-electron chi connectivity index (χ4n) is 9.43. The van der Waals surface area contributed by atoms with Crippen molar-refractivity contribution in [2.24, 2.45) is 39.4 Å². The third-order valence-electron chi connectivity index (χ3n) is 12.0. The molecule has 2 saturated carbocycles. The van der Waals surface area contributed by atoms with Crippen LogP contribution >= 0.6 is 0 Å². The Morgan fingerprint density at radius 3 is 2.36 bits per heavy atom. The van der Waals surface area contributed by atoms with E-state index in [0.29, 0.717) is 18.3 Å². The largest absolute Gasteiger partial charge is 0.393 e. The lowest BCUT2D eigenvalue weighted by Crippen LogP contribution is -2.55. The molecule has 3 N–H and O–H groups in total. The lowest BCUT2D eigenvalue weighted by atomic mass is 9.43. The molecule has 4 aliphatic rings. The molecule has 4 rings (SSSR count). The van der Waals surface area contributed by atoms with Crippen LogP contribution < -0.4 is 0 Å². The van der Waals surface area contributed by atoms with Crippen molar-refractivity contribution in [1.82, 2.24) is 0 Å². The van der Waals surface area contributed by atoms with Crippen molar-refractivity contribution in [3.63, 3.8) is 0 Å². The van der Waals surface area contributed by atoms with E-state index in [-0.39, 0.29) is 46.4 Å². The molecule has 0 spiro atoms. The van der Waals surface area contributed by atoms with Crippen LogP contribution in [-0.4, -0.2) is 34.1 Å². The van der Waals surface area contributed by atoms with Crippen LogP contribution in [0.1, 0.15) is 106 Å². The van der Waals surface area contributed by atoms with E-state index >= 15 is 0 Å². The molecule has 0 aliphatic heterocycles. The molecule has 188 valence electrons. The van der Waals surface area contributed by atoms with Gasteiger partial charge in [0.1, 0.15) is 0 Å². The molecule has 0 amide bonds. The van der Waals surface area contributed by atoms with Gasteiger partial charge in [0.25, 0.3) is 0 Å². The predicted octanol–water partition coefficient (Wildman–Crippen LogP) is 6.42. The molecule has 3 heteroatoms. The van der Waals surface area contributed by atoms with Gasteiger partial charge in [-0.1, -0.05) is 64.3 Å². The lowest BCUT2D eigenvalue weighted by Gasteiger charge is -2.62. The van der Waals surface area contributed by atoms with Crippen LogP contribution in [0.25, 0.3) is 0 Å². The van der Waals surface area contributed by atoms with Gasteiger partial charge in [0, 0.05) is 0 Å². The van der Waals surface area contributed by atoms with Crippen LogP contribution in [0.5, 0.6) is 0 Å². The summed E-state index contributed by atoms with van der Waals surface area (Å²) in [5.41, 5.74) is 5.15. The molecule has 0 radical (unpaired) electrons. The third kappa shape index (κ3) is 3.62. The Bertz CT molecular complexity index is 824. The van der Waals surface area contributed by atoms with Crippen LogP contribution in [0, 0.1) is 39.4 Å². The van der Waals surface area contributed by atoms with Crippen molar-refractivity contribution in [2.45, 2.75) is 118 Å². The zero-order valence-corrected chi connectivity index (χ0v) is 22.4. The number of aliphatic hydroxyl groups excluding tert-OH is 3. The molecule has 0 heterocycles. The Balaban J connectivity index is 1.64. The molecule has 0 aromatic heterocycles. The number of allylic oxidation sites excluding steroid dienone is 2. The van der Waals surface area contributed by atoms with Crippen molar-refractivity contribution in [3.8, 4) is 0 Å². The second kappa shape index (κ2) is 8.49. The highest BCUT2D eigenvalue weighted by molar-refractivity contribution is 5.38. The van der Waals surface area contributed by atoms with Crippen molar-refractivity contribution in [2.75, 3.05) is 6.61 Å². The highest BCUT2D eigenvalue weighted by Gasteiger charge is 2.63. The Hall–Kier alpha value is -0.640. The highest BCUT2D eigenvalue weighted by atomic mass is 16.3. The molecule has 3 nitrogen and oxygen atoms in total. The van der Waals surface area contributed by atoms with Gasteiger partial charge in [0.05, 0.1) is 18.8 Å². The van der Waals surface area contributed by atoms with Gasteiger partial charge in [-0.3, -0.25) is 0 Å². The summed E-state index contributed by atoms with van der Waals surface area (Å²) in [7, 11) is 0. The van der Waals surface area contributed by atoms with Gasteiger partial charge >= 0.3 is 0 Å². The standard InChI is InChI=1S/C30H50O3/c1-19(18-31)8-10-24(32)20(2)21-12-16-30(7)23-9-11-25-27(3,4)26(33)14-15-28(25,5)22(23)13-17-29(21,30)6/h8,20-21,24-26,31-33H,9-18H2,1-7H3/b19-8+/t20-,21+,24-,25-,26-,28+,29+,30-/m0/s1. The first-order valence-corrected chi connectivity index (χ1v) is 13.7. The average Bonchev–Trinajstić information content (AvgIpc) is 3.05. The molecule has 4 aliphatic carbocycles. The number of rotatable bonds is 5. The second-order valence-electron chi connectivity index (χ2n) is 13.6. The summed E-state index contributed by atoms with van der Waals surface area (Å²) in [6.07, 6.45) is 11.5. The van der Waals surface area contributed by atoms with Crippen LogP contribution in [0.2, 0.25) is 0 Å². The fraction of sp³-hybridized carbons (Fsp3) is 0.867. The lowest BCUT2D eigenvalue weighted by molar-refractivity contribution is -0.0969. The van der Waals surface area contributed by atoms with E-state index in [2.05, 4.69) is 41.5 Å². The Morgan fingerprint density at radius 1 is 1.00 bits per heavy atom. The van der Waals surface area contributed by atoms with Crippen molar-refractivity contribution < 1.29 is 15.3 Å². The molecule has 0 aromatic carbocycles. The maximum atomic E-state index is 11.1. The predicted molar refractivity (Wildman–Crippen MR) is 136 cm³/mol. The van der Waals surface area contributed by atoms with Crippen LogP contribution in [0.3, 0.4) is 0 Å². The summed E-state index contributed by atoms with van der Waals surface area (Å²) in [4.78, 5) is 0. The van der Waals surface area contributed by atoms with Gasteiger partial charge in [0.15, 0.2) is 0 Å². The summed E-state index contributed by atoms with van der Waals surface area (Å²) in [5.74, 6) is 1.36. The fourth-order valence-corrected chi connectivity index (χ4v) is 9.43. The van der Waals surface area contributed by atoms with Crippen molar-refractivity contribution >= 4 is 0 Å². The zero-order chi connectivity index (χ0) is 24.4. The molecular formula is C30H50O3. The Morgan fingerprint density at radius 2 is 1.70 bits per heavy atom. The average molecular weight is 459 g/mol. The van der Waals surface area contributed by atoms with E-state index in [9.17, 15) is 15.3 Å². The molecule has 0 aromatic rings. The second-order valence-corrected chi connectivity index (χ2v) is 13.6. The first-order chi connectivity index (χ1) is 15.3. The minimum Gasteiger partial charge on any atom is -0.393 e. The summed E-state index contributed by atoms with van der Waals surface area (Å²) >= 11 is 0. The summed E-state index contributed by atoms with van der Waals surface area (Å²) < 4.78 is 0. The van der Waals surface area contributed by atoms with Crippen LogP contribution in [-0.2, 0) is 0 Å². The van der Waals surface area contributed by atoms with Crippen molar-refractivity contribution in [3.05, 3.63) is 22.8 Å². The smallest absolute Gasteiger partial charge is 0.0639 e. The van der Waals surface area contributed by atoms with Gasteiger partial charge in [-0.05, 0) is 104 Å². The SMILES string of the molecule is C/C(=C\C[C@H](O)[C@@H](C)[C@H]1CC[C@@]2(C)C3=C(CC[C@]12C)[C@@]1(C)CC[C@H](O)C(C)(C)[C@@H]1CC3)CO. The summed E-state index contributed by atoms with van der Waals surface area (Å²) in [6.45, 7) is 16.5. The molecule has 0 saturated heterocycles. The molecule has 8 atom stereocenters. The van der Waals surface area contributed by atoms with E-state index in [1.54, 1.807) is 11.1 Å². The minimum atomic E-state index is -0.347.